The lowest BCUT2D eigenvalue weighted by molar-refractivity contribution is 0.643. The molecule has 3 unspecified atom stereocenters. The predicted molar refractivity (Wildman–Crippen MR) is 85.2 cm³/mol. The van der Waals surface area contributed by atoms with E-state index in [1.54, 1.807) is 0 Å². The van der Waals surface area contributed by atoms with Crippen LogP contribution in [0.4, 0.5) is 0 Å². The lowest BCUT2D eigenvalue weighted by atomic mass is 10.0. The predicted octanol–water partition coefficient (Wildman–Crippen LogP) is 3.50. The van der Waals surface area contributed by atoms with Gasteiger partial charge >= 0.3 is 0 Å². The van der Waals surface area contributed by atoms with E-state index in [-0.39, 0.29) is 11.3 Å². The van der Waals surface area contributed by atoms with Crippen LogP contribution in [-0.2, 0) is 10.8 Å². The summed E-state index contributed by atoms with van der Waals surface area (Å²) in [6, 6.07) is 15.7. The summed E-state index contributed by atoms with van der Waals surface area (Å²) < 4.78 is 12.7. The SMILES string of the molecule is Cc1ccc(C(N)C(C)S(=O)c2ccccc2C)cc1. The number of hydrogen-bond acceptors (Lipinski definition) is 2. The molecule has 0 radical (unpaired) electrons. The molecular formula is C17H21NOS. The first-order chi connectivity index (χ1) is 9.50. The van der Waals surface area contributed by atoms with Gasteiger partial charge in [0.05, 0.1) is 16.0 Å². The van der Waals surface area contributed by atoms with Crippen LogP contribution in [0, 0.1) is 13.8 Å². The molecule has 0 saturated heterocycles. The fourth-order valence-electron chi connectivity index (χ4n) is 2.18. The van der Waals surface area contributed by atoms with E-state index >= 15 is 0 Å². The number of benzene rings is 2. The van der Waals surface area contributed by atoms with E-state index in [0.717, 1.165) is 16.0 Å². The van der Waals surface area contributed by atoms with Gasteiger partial charge in [0.2, 0.25) is 0 Å². The Morgan fingerprint density at radius 2 is 1.60 bits per heavy atom. The van der Waals surface area contributed by atoms with Gasteiger partial charge in [0, 0.05) is 10.9 Å². The molecule has 0 fully saturated rings. The van der Waals surface area contributed by atoms with Gasteiger partial charge in [0.25, 0.3) is 0 Å². The summed E-state index contributed by atoms with van der Waals surface area (Å²) in [5.74, 6) is 0. The molecule has 2 N–H and O–H groups in total. The highest BCUT2D eigenvalue weighted by molar-refractivity contribution is 7.85. The van der Waals surface area contributed by atoms with Gasteiger partial charge in [-0.05, 0) is 38.0 Å². The molecule has 0 spiro atoms. The first kappa shape index (κ1) is 14.9. The first-order valence-corrected chi connectivity index (χ1v) is 8.00. The Labute approximate surface area is 123 Å². The molecule has 0 heterocycles. The Bertz CT molecular complexity index is 607. The van der Waals surface area contributed by atoms with Crippen LogP contribution in [0.15, 0.2) is 53.4 Å². The number of nitrogens with two attached hydrogens (primary N) is 1. The van der Waals surface area contributed by atoms with Crippen LogP contribution in [0.2, 0.25) is 0 Å². The second-order valence-electron chi connectivity index (χ2n) is 5.20. The molecule has 0 aliphatic carbocycles. The van der Waals surface area contributed by atoms with E-state index in [9.17, 15) is 4.21 Å². The van der Waals surface area contributed by atoms with Crippen LogP contribution in [-0.4, -0.2) is 9.46 Å². The van der Waals surface area contributed by atoms with Gasteiger partial charge in [-0.15, -0.1) is 0 Å². The van der Waals surface area contributed by atoms with Gasteiger partial charge < -0.3 is 5.73 Å². The molecule has 0 amide bonds. The molecule has 20 heavy (non-hydrogen) atoms. The maximum absolute atomic E-state index is 12.7. The minimum Gasteiger partial charge on any atom is -0.323 e. The molecular weight excluding hydrogens is 266 g/mol. The summed E-state index contributed by atoms with van der Waals surface area (Å²) in [6.45, 7) is 5.98. The summed E-state index contributed by atoms with van der Waals surface area (Å²) in [4.78, 5) is 0.877. The summed E-state index contributed by atoms with van der Waals surface area (Å²) in [7, 11) is -1.10. The third-order valence-electron chi connectivity index (χ3n) is 3.62. The summed E-state index contributed by atoms with van der Waals surface area (Å²) in [5, 5.41) is -0.126. The molecule has 2 aromatic carbocycles. The lowest BCUT2D eigenvalue weighted by Gasteiger charge is -2.21. The van der Waals surface area contributed by atoms with Crippen molar-refractivity contribution >= 4 is 10.8 Å². The number of hydrogen-bond donors (Lipinski definition) is 1. The first-order valence-electron chi connectivity index (χ1n) is 6.79. The largest absolute Gasteiger partial charge is 0.323 e. The van der Waals surface area contributed by atoms with Crippen LogP contribution in [0.1, 0.15) is 29.7 Å². The standard InChI is InChI=1S/C17H21NOS/c1-12-8-10-15(11-9-12)17(18)14(3)20(19)16-7-5-4-6-13(16)2/h4-11,14,17H,18H2,1-3H3. The van der Waals surface area contributed by atoms with Gasteiger partial charge in [-0.3, -0.25) is 4.21 Å². The Morgan fingerprint density at radius 1 is 1.00 bits per heavy atom. The van der Waals surface area contributed by atoms with Crippen molar-refractivity contribution in [1.82, 2.24) is 0 Å². The summed E-state index contributed by atoms with van der Waals surface area (Å²) in [6.07, 6.45) is 0. The molecule has 0 bridgehead atoms. The highest BCUT2D eigenvalue weighted by atomic mass is 32.2. The van der Waals surface area contributed by atoms with E-state index < -0.39 is 10.8 Å². The minimum atomic E-state index is -1.10. The normalized spacial score (nSPS) is 15.6. The van der Waals surface area contributed by atoms with Crippen LogP contribution in [0.5, 0.6) is 0 Å². The van der Waals surface area contributed by atoms with Crippen molar-refractivity contribution in [3.63, 3.8) is 0 Å². The molecule has 3 atom stereocenters. The zero-order chi connectivity index (χ0) is 14.7. The van der Waals surface area contributed by atoms with Crippen LogP contribution in [0.3, 0.4) is 0 Å². The number of aryl methyl sites for hydroxylation is 2. The van der Waals surface area contributed by atoms with Crippen molar-refractivity contribution in [1.29, 1.82) is 0 Å². The quantitative estimate of drug-likeness (QED) is 0.935. The highest BCUT2D eigenvalue weighted by Crippen LogP contribution is 2.24. The highest BCUT2D eigenvalue weighted by Gasteiger charge is 2.22. The Hall–Kier alpha value is -1.45. The van der Waals surface area contributed by atoms with E-state index in [0.29, 0.717) is 0 Å². The van der Waals surface area contributed by atoms with Crippen molar-refractivity contribution in [2.24, 2.45) is 5.73 Å². The van der Waals surface area contributed by atoms with Crippen molar-refractivity contribution in [3.8, 4) is 0 Å². The molecule has 106 valence electrons. The van der Waals surface area contributed by atoms with Gasteiger partial charge in [-0.25, -0.2) is 0 Å². The molecule has 0 saturated carbocycles. The summed E-state index contributed by atoms with van der Waals surface area (Å²) >= 11 is 0. The molecule has 3 heteroatoms. The Balaban J connectivity index is 2.22. The van der Waals surface area contributed by atoms with E-state index in [2.05, 4.69) is 0 Å². The van der Waals surface area contributed by atoms with Crippen molar-refractivity contribution in [2.75, 3.05) is 0 Å². The fourth-order valence-corrected chi connectivity index (χ4v) is 3.60. The van der Waals surface area contributed by atoms with Gasteiger partial charge in [0.1, 0.15) is 0 Å². The molecule has 2 aromatic rings. The average Bonchev–Trinajstić information content (AvgIpc) is 2.46. The smallest absolute Gasteiger partial charge is 0.0579 e. The Morgan fingerprint density at radius 3 is 2.20 bits per heavy atom. The monoisotopic (exact) mass is 287 g/mol. The number of rotatable bonds is 4. The zero-order valence-electron chi connectivity index (χ0n) is 12.2. The zero-order valence-corrected chi connectivity index (χ0v) is 13.0. The molecule has 2 nitrogen and oxygen atoms in total. The van der Waals surface area contributed by atoms with E-state index in [1.165, 1.54) is 5.56 Å². The maximum Gasteiger partial charge on any atom is 0.0579 e. The van der Waals surface area contributed by atoms with Crippen LogP contribution in [0.25, 0.3) is 0 Å². The lowest BCUT2D eigenvalue weighted by Crippen LogP contribution is -2.28. The Kier molecular flexibility index (Phi) is 4.73. The minimum absolute atomic E-state index is 0.126. The van der Waals surface area contributed by atoms with E-state index in [4.69, 9.17) is 5.73 Å². The average molecular weight is 287 g/mol. The van der Waals surface area contributed by atoms with Crippen molar-refractivity contribution < 1.29 is 4.21 Å². The second kappa shape index (κ2) is 6.33. The van der Waals surface area contributed by atoms with Gasteiger partial charge in [-0.2, -0.15) is 0 Å². The van der Waals surface area contributed by atoms with Crippen LogP contribution < -0.4 is 5.73 Å². The molecule has 2 rings (SSSR count). The van der Waals surface area contributed by atoms with E-state index in [1.807, 2.05) is 69.3 Å². The molecule has 0 aliphatic heterocycles. The molecule has 0 aliphatic rings. The fraction of sp³-hybridized carbons (Fsp3) is 0.294. The van der Waals surface area contributed by atoms with Crippen molar-refractivity contribution in [3.05, 3.63) is 65.2 Å². The second-order valence-corrected chi connectivity index (χ2v) is 6.98. The van der Waals surface area contributed by atoms with Gasteiger partial charge in [0.15, 0.2) is 0 Å². The third kappa shape index (κ3) is 3.17. The van der Waals surface area contributed by atoms with Gasteiger partial charge in [-0.1, -0.05) is 48.0 Å². The third-order valence-corrected chi connectivity index (χ3v) is 5.48. The van der Waals surface area contributed by atoms with Crippen LogP contribution >= 0.6 is 0 Å². The maximum atomic E-state index is 12.7. The molecule has 0 aromatic heterocycles. The van der Waals surface area contributed by atoms with Crippen molar-refractivity contribution in [2.45, 2.75) is 37.0 Å². The topological polar surface area (TPSA) is 43.1 Å². The summed E-state index contributed by atoms with van der Waals surface area (Å²) in [5.41, 5.74) is 9.57.